The Hall–Kier alpha value is -2.30. The summed E-state index contributed by atoms with van der Waals surface area (Å²) < 4.78 is 5.16. The third kappa shape index (κ3) is 3.73. The van der Waals surface area contributed by atoms with Crippen LogP contribution in [0.5, 0.6) is 5.75 Å². The first kappa shape index (κ1) is 15.6. The molecule has 1 saturated carbocycles. The smallest absolute Gasteiger partial charge is 0.226 e. The molecule has 3 rings (SSSR count). The van der Waals surface area contributed by atoms with Gasteiger partial charge in [0, 0.05) is 18.9 Å². The maximum absolute atomic E-state index is 12.3. The van der Waals surface area contributed by atoms with Crippen LogP contribution in [0.4, 0.5) is 0 Å². The lowest BCUT2D eigenvalue weighted by atomic mass is 10.0. The second-order valence-electron chi connectivity index (χ2n) is 6.00. The fourth-order valence-corrected chi connectivity index (χ4v) is 2.72. The summed E-state index contributed by atoms with van der Waals surface area (Å²) in [6.45, 7) is 4.86. The van der Waals surface area contributed by atoms with Crippen molar-refractivity contribution in [3.05, 3.63) is 42.5 Å². The van der Waals surface area contributed by atoms with Crippen LogP contribution < -0.4 is 4.74 Å². The molecule has 1 aromatic rings. The monoisotopic (exact) mass is 314 g/mol. The Morgan fingerprint density at radius 1 is 1.43 bits per heavy atom. The van der Waals surface area contributed by atoms with Gasteiger partial charge < -0.3 is 14.5 Å². The predicted molar refractivity (Wildman–Crippen MR) is 88.5 cm³/mol. The highest BCUT2D eigenvalue weighted by Gasteiger charge is 2.35. The lowest BCUT2D eigenvalue weighted by molar-refractivity contribution is -0.133. The molecular formula is C18H22N2O3. The van der Waals surface area contributed by atoms with Crippen molar-refractivity contribution >= 4 is 11.6 Å². The standard InChI is InChI=1S/C18H22N2O3/c1-3-10-20(18(21)14-4-5-14)12-16-11-17(19-23-16)13-6-8-15(22-2)9-7-13/h3,6-9,14,16H,1,4-5,10-12H2,2H3/t16-/m1/s1. The largest absolute Gasteiger partial charge is 0.497 e. The van der Waals surface area contributed by atoms with Gasteiger partial charge in [0.2, 0.25) is 5.91 Å². The molecule has 1 amide bonds. The quantitative estimate of drug-likeness (QED) is 0.727. The second-order valence-corrected chi connectivity index (χ2v) is 6.00. The minimum atomic E-state index is -0.0882. The van der Waals surface area contributed by atoms with Gasteiger partial charge in [-0.1, -0.05) is 11.2 Å². The average Bonchev–Trinajstić information content (AvgIpc) is 3.33. The van der Waals surface area contributed by atoms with E-state index in [-0.39, 0.29) is 17.9 Å². The Morgan fingerprint density at radius 2 is 2.17 bits per heavy atom. The van der Waals surface area contributed by atoms with Crippen LogP contribution in [-0.4, -0.2) is 42.8 Å². The molecule has 0 N–H and O–H groups in total. The highest BCUT2D eigenvalue weighted by Crippen LogP contribution is 2.31. The van der Waals surface area contributed by atoms with Crippen molar-refractivity contribution in [1.82, 2.24) is 4.90 Å². The van der Waals surface area contributed by atoms with E-state index in [4.69, 9.17) is 9.57 Å². The molecule has 0 spiro atoms. The molecule has 1 aromatic carbocycles. The molecule has 2 aliphatic rings. The van der Waals surface area contributed by atoms with Crippen molar-refractivity contribution in [2.45, 2.75) is 25.4 Å². The Morgan fingerprint density at radius 3 is 2.78 bits per heavy atom. The van der Waals surface area contributed by atoms with Crippen LogP contribution in [0.1, 0.15) is 24.8 Å². The molecule has 5 heteroatoms. The third-order valence-corrected chi connectivity index (χ3v) is 4.17. The molecule has 1 atom stereocenters. The summed E-state index contributed by atoms with van der Waals surface area (Å²) in [6.07, 6.45) is 4.39. The Kier molecular flexibility index (Phi) is 4.65. The van der Waals surface area contributed by atoms with Crippen LogP contribution in [0.15, 0.2) is 42.1 Å². The minimum Gasteiger partial charge on any atom is -0.497 e. The number of methoxy groups -OCH3 is 1. The van der Waals surface area contributed by atoms with Crippen LogP contribution in [0.2, 0.25) is 0 Å². The Labute approximate surface area is 136 Å². The molecule has 1 aliphatic heterocycles. The number of carbonyl (C=O) groups is 1. The summed E-state index contributed by atoms with van der Waals surface area (Å²) in [5.74, 6) is 1.24. The van der Waals surface area contributed by atoms with E-state index in [0.29, 0.717) is 19.5 Å². The lowest BCUT2D eigenvalue weighted by Crippen LogP contribution is -2.38. The van der Waals surface area contributed by atoms with E-state index in [9.17, 15) is 4.79 Å². The van der Waals surface area contributed by atoms with Gasteiger partial charge in [0.1, 0.15) is 5.75 Å². The molecule has 0 unspecified atom stereocenters. The maximum Gasteiger partial charge on any atom is 0.226 e. The molecule has 0 radical (unpaired) electrons. The fourth-order valence-electron chi connectivity index (χ4n) is 2.72. The Balaban J connectivity index is 1.58. The number of amides is 1. The zero-order chi connectivity index (χ0) is 16.2. The van der Waals surface area contributed by atoms with Crippen molar-refractivity contribution < 1.29 is 14.4 Å². The summed E-state index contributed by atoms with van der Waals surface area (Å²) in [5.41, 5.74) is 1.94. The maximum atomic E-state index is 12.3. The predicted octanol–water partition coefficient (Wildman–Crippen LogP) is 2.61. The Bertz CT molecular complexity index is 605. The first-order valence-electron chi connectivity index (χ1n) is 7.98. The van der Waals surface area contributed by atoms with E-state index in [1.807, 2.05) is 29.2 Å². The normalized spacial score (nSPS) is 19.7. The summed E-state index contributed by atoms with van der Waals surface area (Å²) >= 11 is 0. The summed E-state index contributed by atoms with van der Waals surface area (Å²) in [7, 11) is 1.65. The van der Waals surface area contributed by atoms with Gasteiger partial charge in [-0.2, -0.15) is 0 Å². The van der Waals surface area contributed by atoms with Crippen LogP contribution >= 0.6 is 0 Å². The van der Waals surface area contributed by atoms with Gasteiger partial charge in [-0.25, -0.2) is 0 Å². The molecule has 5 nitrogen and oxygen atoms in total. The number of oxime groups is 1. The molecule has 0 aromatic heterocycles. The van der Waals surface area contributed by atoms with E-state index in [2.05, 4.69) is 11.7 Å². The molecule has 0 bridgehead atoms. The van der Waals surface area contributed by atoms with Gasteiger partial charge in [-0.15, -0.1) is 6.58 Å². The van der Waals surface area contributed by atoms with E-state index < -0.39 is 0 Å². The molecule has 23 heavy (non-hydrogen) atoms. The van der Waals surface area contributed by atoms with Crippen LogP contribution in [0, 0.1) is 5.92 Å². The first-order chi connectivity index (χ1) is 11.2. The fraction of sp³-hybridized carbons (Fsp3) is 0.444. The van der Waals surface area contributed by atoms with Crippen LogP contribution in [0.3, 0.4) is 0 Å². The number of ether oxygens (including phenoxy) is 1. The van der Waals surface area contributed by atoms with E-state index in [1.165, 1.54) is 0 Å². The molecule has 1 heterocycles. The van der Waals surface area contributed by atoms with Crippen molar-refractivity contribution in [2.24, 2.45) is 11.1 Å². The average molecular weight is 314 g/mol. The van der Waals surface area contributed by atoms with Crippen LogP contribution in [-0.2, 0) is 9.63 Å². The van der Waals surface area contributed by atoms with Crippen molar-refractivity contribution in [3.63, 3.8) is 0 Å². The first-order valence-corrected chi connectivity index (χ1v) is 7.98. The SMILES string of the molecule is C=CCN(C[C@H]1CC(c2ccc(OC)cc2)=NO1)C(=O)C1CC1. The molecular weight excluding hydrogens is 292 g/mol. The van der Waals surface area contributed by atoms with E-state index >= 15 is 0 Å². The number of hydrogen-bond donors (Lipinski definition) is 0. The van der Waals surface area contributed by atoms with Crippen molar-refractivity contribution in [3.8, 4) is 5.75 Å². The van der Waals surface area contributed by atoms with Gasteiger partial charge >= 0.3 is 0 Å². The number of carbonyl (C=O) groups excluding carboxylic acids is 1. The van der Waals surface area contributed by atoms with E-state index in [1.54, 1.807) is 13.2 Å². The molecule has 0 saturated heterocycles. The number of benzene rings is 1. The minimum absolute atomic E-state index is 0.0882. The van der Waals surface area contributed by atoms with Gasteiger partial charge in [0.15, 0.2) is 6.10 Å². The number of nitrogens with zero attached hydrogens (tertiary/aromatic N) is 2. The zero-order valence-corrected chi connectivity index (χ0v) is 13.4. The number of hydrogen-bond acceptors (Lipinski definition) is 4. The van der Waals surface area contributed by atoms with Gasteiger partial charge in [-0.3, -0.25) is 4.79 Å². The molecule has 122 valence electrons. The molecule has 1 fully saturated rings. The molecule has 1 aliphatic carbocycles. The van der Waals surface area contributed by atoms with Gasteiger partial charge in [-0.05, 0) is 42.7 Å². The van der Waals surface area contributed by atoms with E-state index in [0.717, 1.165) is 29.9 Å². The third-order valence-electron chi connectivity index (χ3n) is 4.17. The van der Waals surface area contributed by atoms with Crippen molar-refractivity contribution in [1.29, 1.82) is 0 Å². The zero-order valence-electron chi connectivity index (χ0n) is 13.4. The highest BCUT2D eigenvalue weighted by molar-refractivity contribution is 6.01. The van der Waals surface area contributed by atoms with Crippen LogP contribution in [0.25, 0.3) is 0 Å². The lowest BCUT2D eigenvalue weighted by Gasteiger charge is -2.23. The van der Waals surface area contributed by atoms with Crippen molar-refractivity contribution in [2.75, 3.05) is 20.2 Å². The topological polar surface area (TPSA) is 51.1 Å². The van der Waals surface area contributed by atoms with Gasteiger partial charge in [0.05, 0.1) is 19.4 Å². The summed E-state index contributed by atoms with van der Waals surface area (Å²) in [5, 5.41) is 4.19. The number of rotatable bonds is 7. The van der Waals surface area contributed by atoms with Gasteiger partial charge in [0.25, 0.3) is 0 Å². The summed E-state index contributed by atoms with van der Waals surface area (Å²) in [4.78, 5) is 19.6. The summed E-state index contributed by atoms with van der Waals surface area (Å²) in [6, 6.07) is 7.76. The second kappa shape index (κ2) is 6.86. The highest BCUT2D eigenvalue weighted by atomic mass is 16.6.